The first-order valence-electron chi connectivity index (χ1n) is 7.08. The Morgan fingerprint density at radius 2 is 2.00 bits per heavy atom. The Bertz CT molecular complexity index is 710. The summed E-state index contributed by atoms with van der Waals surface area (Å²) in [6, 6.07) is 4.41. The van der Waals surface area contributed by atoms with Gasteiger partial charge in [0.1, 0.15) is 5.82 Å². The van der Waals surface area contributed by atoms with Gasteiger partial charge in [-0.15, -0.1) is 0 Å². The predicted molar refractivity (Wildman–Crippen MR) is 75.7 cm³/mol. The first-order valence-corrected chi connectivity index (χ1v) is 7.08. The summed E-state index contributed by atoms with van der Waals surface area (Å²) >= 11 is 0. The first-order chi connectivity index (χ1) is 10.9. The van der Waals surface area contributed by atoms with E-state index in [0.717, 1.165) is 18.6 Å². The summed E-state index contributed by atoms with van der Waals surface area (Å²) in [4.78, 5) is 19.7. The number of nitrogens with one attached hydrogen (secondary N) is 1. The van der Waals surface area contributed by atoms with Gasteiger partial charge in [0.25, 0.3) is 0 Å². The van der Waals surface area contributed by atoms with Crippen molar-refractivity contribution >= 4 is 6.09 Å². The van der Waals surface area contributed by atoms with Crippen LogP contribution < -0.4 is 0 Å². The average molecular weight is 325 g/mol. The zero-order valence-electron chi connectivity index (χ0n) is 12.0. The summed E-state index contributed by atoms with van der Waals surface area (Å²) in [5.74, 6) is 0.514. The fourth-order valence-electron chi connectivity index (χ4n) is 2.77. The summed E-state index contributed by atoms with van der Waals surface area (Å²) < 4.78 is 37.7. The van der Waals surface area contributed by atoms with E-state index in [-0.39, 0.29) is 6.04 Å². The summed E-state index contributed by atoms with van der Waals surface area (Å²) in [6.07, 6.45) is -2.43. The number of halogens is 3. The number of carboxylic acid groups (broad SMARTS) is 1. The smallest absolute Gasteiger partial charge is 0.416 e. The van der Waals surface area contributed by atoms with Gasteiger partial charge in [0.2, 0.25) is 0 Å². The van der Waals surface area contributed by atoms with Crippen LogP contribution in [0.25, 0.3) is 11.3 Å². The number of benzene rings is 1. The number of nitrogens with zero attached hydrogens (tertiary/aromatic N) is 2. The molecule has 3 rings (SSSR count). The van der Waals surface area contributed by atoms with Crippen LogP contribution in [-0.2, 0) is 6.18 Å². The monoisotopic (exact) mass is 325 g/mol. The highest BCUT2D eigenvalue weighted by Crippen LogP contribution is 2.33. The van der Waals surface area contributed by atoms with E-state index in [2.05, 4.69) is 9.97 Å². The van der Waals surface area contributed by atoms with Crippen molar-refractivity contribution in [2.45, 2.75) is 25.1 Å². The molecule has 1 fully saturated rings. The number of rotatable bonds is 2. The molecule has 1 amide bonds. The maximum atomic E-state index is 12.6. The molecule has 8 heteroatoms. The third-order valence-corrected chi connectivity index (χ3v) is 3.93. The molecule has 0 spiro atoms. The van der Waals surface area contributed by atoms with Crippen LogP contribution >= 0.6 is 0 Å². The van der Waals surface area contributed by atoms with E-state index in [1.54, 1.807) is 0 Å². The molecule has 1 atom stereocenters. The van der Waals surface area contributed by atoms with Crippen LogP contribution in [0.15, 0.2) is 30.5 Å². The summed E-state index contributed by atoms with van der Waals surface area (Å²) in [7, 11) is 0. The molecular formula is C15H14F3N3O2. The molecular weight excluding hydrogens is 311 g/mol. The molecule has 0 radical (unpaired) electrons. The van der Waals surface area contributed by atoms with Gasteiger partial charge in [-0.25, -0.2) is 9.78 Å². The molecule has 2 aromatic rings. The van der Waals surface area contributed by atoms with E-state index in [0.29, 0.717) is 30.0 Å². The van der Waals surface area contributed by atoms with Crippen LogP contribution in [0.2, 0.25) is 0 Å². The number of imidazole rings is 1. The molecule has 2 heterocycles. The summed E-state index contributed by atoms with van der Waals surface area (Å²) in [6.45, 7) is 0.455. The van der Waals surface area contributed by atoms with Gasteiger partial charge in [-0.1, -0.05) is 12.1 Å². The molecule has 0 bridgehead atoms. The Morgan fingerprint density at radius 1 is 1.30 bits per heavy atom. The minimum absolute atomic E-state index is 0.337. The van der Waals surface area contributed by atoms with Gasteiger partial charge >= 0.3 is 12.3 Å². The minimum Gasteiger partial charge on any atom is -0.465 e. The molecule has 0 aliphatic carbocycles. The zero-order valence-corrected chi connectivity index (χ0v) is 12.0. The topological polar surface area (TPSA) is 69.2 Å². The molecule has 23 heavy (non-hydrogen) atoms. The maximum absolute atomic E-state index is 12.6. The van der Waals surface area contributed by atoms with E-state index < -0.39 is 17.8 Å². The van der Waals surface area contributed by atoms with Gasteiger partial charge in [0.15, 0.2) is 0 Å². The van der Waals surface area contributed by atoms with Crippen LogP contribution in [0.3, 0.4) is 0 Å². The standard InChI is InChI=1S/C15H14F3N3O2/c16-15(17,18)10-5-3-9(4-6-10)11-8-19-13(20-11)12-2-1-7-21(12)14(22)23/h3-6,8,12H,1-2,7H2,(H,19,20)(H,22,23). The lowest BCUT2D eigenvalue weighted by molar-refractivity contribution is -0.137. The SMILES string of the molecule is O=C(O)N1CCCC1c1ncc(-c2ccc(C(F)(F)F)cc2)[nH]1. The summed E-state index contributed by atoms with van der Waals surface area (Å²) in [5, 5.41) is 9.15. The molecule has 1 saturated heterocycles. The number of aromatic nitrogens is 2. The highest BCUT2D eigenvalue weighted by molar-refractivity contribution is 5.66. The molecule has 1 aromatic carbocycles. The average Bonchev–Trinajstić information content (AvgIpc) is 3.15. The fraction of sp³-hybridized carbons (Fsp3) is 0.333. The van der Waals surface area contributed by atoms with Gasteiger partial charge in [-0.05, 0) is 30.5 Å². The van der Waals surface area contributed by atoms with Crippen LogP contribution in [-0.4, -0.2) is 32.6 Å². The fourth-order valence-corrected chi connectivity index (χ4v) is 2.77. The maximum Gasteiger partial charge on any atom is 0.416 e. The number of amides is 1. The molecule has 1 aliphatic rings. The molecule has 5 nitrogen and oxygen atoms in total. The van der Waals surface area contributed by atoms with Gasteiger partial charge in [0.05, 0.1) is 23.5 Å². The Kier molecular flexibility index (Phi) is 3.75. The van der Waals surface area contributed by atoms with Crippen molar-refractivity contribution in [2.24, 2.45) is 0 Å². The van der Waals surface area contributed by atoms with Crippen molar-refractivity contribution in [1.82, 2.24) is 14.9 Å². The van der Waals surface area contributed by atoms with Crippen molar-refractivity contribution in [1.29, 1.82) is 0 Å². The quantitative estimate of drug-likeness (QED) is 0.879. The highest BCUT2D eigenvalue weighted by atomic mass is 19.4. The zero-order chi connectivity index (χ0) is 16.6. The third-order valence-electron chi connectivity index (χ3n) is 3.93. The number of H-pyrrole nitrogens is 1. The molecule has 2 N–H and O–H groups in total. The predicted octanol–water partition coefficient (Wildman–Crippen LogP) is 3.91. The van der Waals surface area contributed by atoms with Gasteiger partial charge in [-0.3, -0.25) is 4.90 Å². The molecule has 1 aliphatic heterocycles. The van der Waals surface area contributed by atoms with E-state index in [9.17, 15) is 18.0 Å². The molecule has 1 aromatic heterocycles. The number of alkyl halides is 3. The molecule has 122 valence electrons. The van der Waals surface area contributed by atoms with Crippen molar-refractivity contribution in [3.8, 4) is 11.3 Å². The minimum atomic E-state index is -4.37. The van der Waals surface area contributed by atoms with E-state index in [1.807, 2.05) is 0 Å². The Labute approximate surface area is 129 Å². The van der Waals surface area contributed by atoms with Crippen molar-refractivity contribution < 1.29 is 23.1 Å². The number of hydrogen-bond acceptors (Lipinski definition) is 2. The Hall–Kier alpha value is -2.51. The second kappa shape index (κ2) is 5.60. The van der Waals surface area contributed by atoms with E-state index in [1.165, 1.54) is 23.2 Å². The first kappa shape index (κ1) is 15.4. The van der Waals surface area contributed by atoms with Crippen molar-refractivity contribution in [3.05, 3.63) is 41.9 Å². The Balaban J connectivity index is 1.83. The van der Waals surface area contributed by atoms with Gasteiger partial charge in [-0.2, -0.15) is 13.2 Å². The number of carbonyl (C=O) groups is 1. The number of aromatic amines is 1. The largest absolute Gasteiger partial charge is 0.465 e. The second-order valence-corrected chi connectivity index (χ2v) is 5.39. The van der Waals surface area contributed by atoms with Crippen LogP contribution in [0.5, 0.6) is 0 Å². The lowest BCUT2D eigenvalue weighted by Gasteiger charge is -2.19. The second-order valence-electron chi connectivity index (χ2n) is 5.39. The van der Waals surface area contributed by atoms with Gasteiger partial charge in [0, 0.05) is 6.54 Å². The molecule has 1 unspecified atom stereocenters. The third kappa shape index (κ3) is 3.01. The van der Waals surface area contributed by atoms with Crippen molar-refractivity contribution in [2.75, 3.05) is 6.54 Å². The lowest BCUT2D eigenvalue weighted by Crippen LogP contribution is -2.29. The van der Waals surface area contributed by atoms with Crippen LogP contribution in [0.4, 0.5) is 18.0 Å². The van der Waals surface area contributed by atoms with Crippen LogP contribution in [0.1, 0.15) is 30.3 Å². The normalized spacial score (nSPS) is 18.4. The van der Waals surface area contributed by atoms with E-state index in [4.69, 9.17) is 5.11 Å². The molecule has 0 saturated carbocycles. The lowest BCUT2D eigenvalue weighted by atomic mass is 10.1. The van der Waals surface area contributed by atoms with Gasteiger partial charge < -0.3 is 10.1 Å². The number of hydrogen-bond donors (Lipinski definition) is 2. The Morgan fingerprint density at radius 3 is 2.61 bits per heavy atom. The summed E-state index contributed by atoms with van der Waals surface area (Å²) in [5.41, 5.74) is 0.413. The van der Waals surface area contributed by atoms with Crippen LogP contribution in [0, 0.1) is 0 Å². The highest BCUT2D eigenvalue weighted by Gasteiger charge is 2.32. The number of likely N-dealkylation sites (tertiary alicyclic amines) is 1. The van der Waals surface area contributed by atoms with E-state index >= 15 is 0 Å². The van der Waals surface area contributed by atoms with Crippen molar-refractivity contribution in [3.63, 3.8) is 0 Å².